The predicted octanol–water partition coefficient (Wildman–Crippen LogP) is 3.89. The van der Waals surface area contributed by atoms with Crippen LogP contribution in [0.1, 0.15) is 43.2 Å². The number of guanidine groups is 1. The van der Waals surface area contributed by atoms with Crippen LogP contribution in [0.3, 0.4) is 0 Å². The summed E-state index contributed by atoms with van der Waals surface area (Å²) in [5.74, 6) is 1.05. The highest BCUT2D eigenvalue weighted by atomic mass is 127. The monoisotopic (exact) mass is 479 g/mol. The summed E-state index contributed by atoms with van der Waals surface area (Å²) in [6.45, 7) is 4.01. The third-order valence-corrected chi connectivity index (χ3v) is 6.01. The summed E-state index contributed by atoms with van der Waals surface area (Å²) in [6.07, 6.45) is 12.6. The van der Waals surface area contributed by atoms with Crippen molar-refractivity contribution in [3.8, 4) is 0 Å². The van der Waals surface area contributed by atoms with Gasteiger partial charge < -0.3 is 14.8 Å². The molecule has 2 aromatic rings. The molecule has 1 aliphatic heterocycles. The Bertz CT molecular complexity index is 732. The number of hydrogen-bond donors (Lipinski definition) is 1. The largest absolute Gasteiger partial charge is 0.352 e. The Morgan fingerprint density at radius 1 is 1.15 bits per heavy atom. The zero-order valence-electron chi connectivity index (χ0n) is 16.1. The highest BCUT2D eigenvalue weighted by Crippen LogP contribution is 2.45. The lowest BCUT2D eigenvalue weighted by Gasteiger charge is -2.26. The van der Waals surface area contributed by atoms with Crippen LogP contribution in [-0.4, -0.2) is 40.5 Å². The van der Waals surface area contributed by atoms with Crippen molar-refractivity contribution in [2.24, 2.45) is 10.4 Å². The van der Waals surface area contributed by atoms with Gasteiger partial charge in [0.2, 0.25) is 0 Å². The summed E-state index contributed by atoms with van der Waals surface area (Å²) in [6, 6.07) is 8.80. The first-order valence-corrected chi connectivity index (χ1v) is 9.76. The van der Waals surface area contributed by atoms with E-state index in [9.17, 15) is 0 Å². The van der Waals surface area contributed by atoms with Crippen molar-refractivity contribution in [3.05, 3.63) is 54.1 Å². The second-order valence-electron chi connectivity index (χ2n) is 7.83. The van der Waals surface area contributed by atoms with E-state index in [4.69, 9.17) is 0 Å². The number of likely N-dealkylation sites (tertiary alicyclic amines) is 1. The fourth-order valence-electron chi connectivity index (χ4n) is 4.52. The standard InChI is InChI=1S/C21H29N5.HI/c1-22-20(26-12-10-21(16-26)8-2-3-9-21)24-14-18-4-6-19(7-5-18)15-25-13-11-23-17-25;/h4-7,11,13,17H,2-3,8-10,12,14-16H2,1H3,(H,22,24);1H. The Morgan fingerprint density at radius 3 is 2.56 bits per heavy atom. The highest BCUT2D eigenvalue weighted by molar-refractivity contribution is 14.0. The molecule has 27 heavy (non-hydrogen) atoms. The van der Waals surface area contributed by atoms with E-state index in [0.29, 0.717) is 5.41 Å². The fourth-order valence-corrected chi connectivity index (χ4v) is 4.52. The van der Waals surface area contributed by atoms with Gasteiger partial charge in [0.15, 0.2) is 5.96 Å². The minimum Gasteiger partial charge on any atom is -0.352 e. The van der Waals surface area contributed by atoms with E-state index < -0.39 is 0 Å². The Labute approximate surface area is 179 Å². The van der Waals surface area contributed by atoms with E-state index >= 15 is 0 Å². The molecule has 2 fully saturated rings. The van der Waals surface area contributed by atoms with E-state index in [1.165, 1.54) is 49.8 Å². The Morgan fingerprint density at radius 2 is 1.89 bits per heavy atom. The van der Waals surface area contributed by atoms with E-state index in [-0.39, 0.29) is 24.0 Å². The average Bonchev–Trinajstić information content (AvgIpc) is 3.41. The summed E-state index contributed by atoms with van der Waals surface area (Å²) < 4.78 is 2.08. The molecule has 2 aliphatic rings. The molecule has 1 aromatic carbocycles. The first-order valence-electron chi connectivity index (χ1n) is 9.76. The number of imidazole rings is 1. The molecule has 0 atom stereocenters. The Hall–Kier alpha value is -1.57. The van der Waals surface area contributed by atoms with Gasteiger partial charge in [-0.2, -0.15) is 0 Å². The van der Waals surface area contributed by atoms with Crippen LogP contribution in [0.25, 0.3) is 0 Å². The number of aromatic nitrogens is 2. The molecule has 2 heterocycles. The minimum atomic E-state index is 0. The molecule has 4 rings (SSSR count). The van der Waals surface area contributed by atoms with Gasteiger partial charge in [-0.05, 0) is 35.8 Å². The van der Waals surface area contributed by atoms with Crippen molar-refractivity contribution in [1.82, 2.24) is 19.8 Å². The minimum absolute atomic E-state index is 0. The molecule has 146 valence electrons. The molecule has 6 heteroatoms. The quantitative estimate of drug-likeness (QED) is 0.411. The number of benzene rings is 1. The van der Waals surface area contributed by atoms with Crippen LogP contribution < -0.4 is 5.32 Å². The van der Waals surface area contributed by atoms with E-state index in [1.807, 2.05) is 25.8 Å². The lowest BCUT2D eigenvalue weighted by atomic mass is 9.86. The van der Waals surface area contributed by atoms with Crippen molar-refractivity contribution >= 4 is 29.9 Å². The third-order valence-electron chi connectivity index (χ3n) is 6.01. The zero-order chi connectivity index (χ0) is 17.8. The maximum Gasteiger partial charge on any atom is 0.193 e. The summed E-state index contributed by atoms with van der Waals surface area (Å²) in [5, 5.41) is 3.56. The van der Waals surface area contributed by atoms with Crippen LogP contribution in [0.2, 0.25) is 0 Å². The van der Waals surface area contributed by atoms with Crippen LogP contribution >= 0.6 is 24.0 Å². The zero-order valence-corrected chi connectivity index (χ0v) is 18.4. The Balaban J connectivity index is 0.00000210. The maximum atomic E-state index is 4.53. The smallest absolute Gasteiger partial charge is 0.193 e. The molecule has 5 nitrogen and oxygen atoms in total. The first-order chi connectivity index (χ1) is 12.8. The number of nitrogens with zero attached hydrogens (tertiary/aromatic N) is 4. The van der Waals surface area contributed by atoms with Crippen molar-refractivity contribution in [1.29, 1.82) is 0 Å². The molecule has 0 unspecified atom stereocenters. The SMILES string of the molecule is CN=C(NCc1ccc(Cn2ccnc2)cc1)N1CCC2(CCCC2)C1.I. The van der Waals surface area contributed by atoms with Crippen molar-refractivity contribution < 1.29 is 0 Å². The number of nitrogens with one attached hydrogen (secondary N) is 1. The van der Waals surface area contributed by atoms with Crippen LogP contribution in [-0.2, 0) is 13.1 Å². The molecule has 0 bridgehead atoms. The van der Waals surface area contributed by atoms with Crippen molar-refractivity contribution in [2.75, 3.05) is 20.1 Å². The lowest BCUT2D eigenvalue weighted by Crippen LogP contribution is -2.40. The summed E-state index contributed by atoms with van der Waals surface area (Å²) in [5.41, 5.74) is 3.15. The van der Waals surface area contributed by atoms with Crippen LogP contribution in [0.5, 0.6) is 0 Å². The van der Waals surface area contributed by atoms with E-state index in [2.05, 4.69) is 49.0 Å². The van der Waals surface area contributed by atoms with E-state index in [1.54, 1.807) is 0 Å². The van der Waals surface area contributed by atoms with Gasteiger partial charge in [0.05, 0.1) is 6.33 Å². The van der Waals surface area contributed by atoms with Crippen molar-refractivity contribution in [3.63, 3.8) is 0 Å². The topological polar surface area (TPSA) is 45.5 Å². The summed E-state index contributed by atoms with van der Waals surface area (Å²) >= 11 is 0. The predicted molar refractivity (Wildman–Crippen MR) is 120 cm³/mol. The normalized spacial score (nSPS) is 18.7. The molecule has 1 spiro atoms. The summed E-state index contributed by atoms with van der Waals surface area (Å²) in [7, 11) is 1.90. The first kappa shape index (κ1) is 20.2. The maximum absolute atomic E-state index is 4.53. The number of rotatable bonds is 4. The lowest BCUT2D eigenvalue weighted by molar-refractivity contribution is 0.309. The van der Waals surface area contributed by atoms with Gasteiger partial charge in [0.25, 0.3) is 0 Å². The number of hydrogen-bond acceptors (Lipinski definition) is 2. The summed E-state index contributed by atoms with van der Waals surface area (Å²) in [4.78, 5) is 11.1. The van der Waals surface area contributed by atoms with Crippen LogP contribution in [0.4, 0.5) is 0 Å². The van der Waals surface area contributed by atoms with Gasteiger partial charge in [-0.15, -0.1) is 24.0 Å². The molecule has 1 aromatic heterocycles. The van der Waals surface area contributed by atoms with Gasteiger partial charge in [0, 0.05) is 45.6 Å². The van der Waals surface area contributed by atoms with Gasteiger partial charge in [0.1, 0.15) is 0 Å². The second-order valence-corrected chi connectivity index (χ2v) is 7.83. The molecule has 0 radical (unpaired) electrons. The van der Waals surface area contributed by atoms with Gasteiger partial charge in [-0.25, -0.2) is 4.98 Å². The van der Waals surface area contributed by atoms with Gasteiger partial charge in [-0.1, -0.05) is 37.1 Å². The molecular weight excluding hydrogens is 449 g/mol. The van der Waals surface area contributed by atoms with Crippen molar-refractivity contribution in [2.45, 2.75) is 45.2 Å². The van der Waals surface area contributed by atoms with Gasteiger partial charge in [-0.3, -0.25) is 4.99 Å². The second kappa shape index (κ2) is 9.08. The van der Waals surface area contributed by atoms with E-state index in [0.717, 1.165) is 25.6 Å². The molecule has 1 N–H and O–H groups in total. The highest BCUT2D eigenvalue weighted by Gasteiger charge is 2.40. The van der Waals surface area contributed by atoms with Crippen LogP contribution in [0.15, 0.2) is 48.0 Å². The molecule has 1 saturated carbocycles. The molecule has 0 amide bonds. The Kier molecular flexibility index (Phi) is 6.78. The number of aliphatic imine (C=N–C) groups is 1. The fraction of sp³-hybridized carbons (Fsp3) is 0.524. The van der Waals surface area contributed by atoms with Gasteiger partial charge >= 0.3 is 0 Å². The molecule has 1 saturated heterocycles. The number of halogens is 1. The average molecular weight is 479 g/mol. The van der Waals surface area contributed by atoms with Crippen LogP contribution in [0, 0.1) is 5.41 Å². The third kappa shape index (κ3) is 4.83. The molecule has 1 aliphatic carbocycles. The molecular formula is C21H30IN5.